The Morgan fingerprint density at radius 3 is 2.42 bits per heavy atom. The standard InChI is InChI=1S/C11H12FNO2.C4H10/c12-9-1-3-10(4-2-9)15-11-5-6-13(7-11)8-14;1-3-4-2/h1-4,8,11H,5-7H2;3-4H2,1-2H3. The molecule has 1 amide bonds. The topological polar surface area (TPSA) is 29.5 Å². The van der Waals surface area contributed by atoms with Gasteiger partial charge in [-0.1, -0.05) is 26.7 Å². The van der Waals surface area contributed by atoms with Crippen LogP contribution in [0.15, 0.2) is 24.3 Å². The number of rotatable bonds is 4. The minimum absolute atomic E-state index is 0.0284. The van der Waals surface area contributed by atoms with Gasteiger partial charge in [-0.05, 0) is 24.3 Å². The zero-order chi connectivity index (χ0) is 14.1. The predicted octanol–water partition coefficient (Wildman–Crippen LogP) is 3.24. The molecule has 1 aromatic rings. The molecule has 1 saturated heterocycles. The highest BCUT2D eigenvalue weighted by Crippen LogP contribution is 2.17. The highest BCUT2D eigenvalue weighted by atomic mass is 19.1. The third kappa shape index (κ3) is 5.73. The Morgan fingerprint density at radius 2 is 1.95 bits per heavy atom. The number of nitrogens with zero attached hydrogens (tertiary/aromatic N) is 1. The summed E-state index contributed by atoms with van der Waals surface area (Å²) in [6.45, 7) is 5.70. The molecule has 0 spiro atoms. The Hall–Kier alpha value is -1.58. The molecule has 0 aromatic heterocycles. The lowest BCUT2D eigenvalue weighted by Crippen LogP contribution is -2.23. The molecule has 0 bridgehead atoms. The number of halogens is 1. The Morgan fingerprint density at radius 1 is 1.32 bits per heavy atom. The number of hydrogen-bond donors (Lipinski definition) is 0. The lowest BCUT2D eigenvalue weighted by atomic mass is 10.3. The molecule has 1 aliphatic rings. The molecule has 1 heterocycles. The van der Waals surface area contributed by atoms with Crippen LogP contribution in [-0.4, -0.2) is 30.5 Å². The molecule has 1 unspecified atom stereocenters. The van der Waals surface area contributed by atoms with E-state index in [0.29, 0.717) is 12.3 Å². The molecule has 4 heteroatoms. The largest absolute Gasteiger partial charge is 0.489 e. The van der Waals surface area contributed by atoms with Crippen LogP contribution >= 0.6 is 0 Å². The van der Waals surface area contributed by atoms with E-state index >= 15 is 0 Å². The molecule has 1 aromatic carbocycles. The normalized spacial score (nSPS) is 17.6. The summed E-state index contributed by atoms with van der Waals surface area (Å²) in [6, 6.07) is 5.92. The Labute approximate surface area is 114 Å². The average molecular weight is 267 g/mol. The van der Waals surface area contributed by atoms with Crippen LogP contribution in [0.1, 0.15) is 33.1 Å². The first-order valence-electron chi connectivity index (χ1n) is 6.81. The first-order chi connectivity index (χ1) is 9.19. The summed E-state index contributed by atoms with van der Waals surface area (Å²) in [5.74, 6) is 0.373. The second-order valence-corrected chi connectivity index (χ2v) is 4.58. The summed E-state index contributed by atoms with van der Waals surface area (Å²) in [4.78, 5) is 12.1. The van der Waals surface area contributed by atoms with Crippen molar-refractivity contribution in [1.29, 1.82) is 0 Å². The smallest absolute Gasteiger partial charge is 0.209 e. The fraction of sp³-hybridized carbons (Fsp3) is 0.533. The summed E-state index contributed by atoms with van der Waals surface area (Å²) in [7, 11) is 0. The number of carbonyl (C=O) groups is 1. The maximum Gasteiger partial charge on any atom is 0.209 e. The highest BCUT2D eigenvalue weighted by molar-refractivity contribution is 5.47. The molecule has 0 radical (unpaired) electrons. The lowest BCUT2D eigenvalue weighted by Gasteiger charge is -2.13. The van der Waals surface area contributed by atoms with E-state index in [1.165, 1.54) is 25.0 Å². The number of unbranched alkanes of at least 4 members (excludes halogenated alkanes) is 1. The van der Waals surface area contributed by atoms with Gasteiger partial charge in [0.25, 0.3) is 0 Å². The third-order valence-corrected chi connectivity index (χ3v) is 2.94. The van der Waals surface area contributed by atoms with E-state index in [9.17, 15) is 9.18 Å². The second-order valence-electron chi connectivity index (χ2n) is 4.58. The van der Waals surface area contributed by atoms with Crippen LogP contribution in [0.4, 0.5) is 4.39 Å². The number of amides is 1. The van der Waals surface area contributed by atoms with Gasteiger partial charge in [0.05, 0.1) is 6.54 Å². The van der Waals surface area contributed by atoms with Crippen molar-refractivity contribution in [3.8, 4) is 5.75 Å². The van der Waals surface area contributed by atoms with Gasteiger partial charge in [0.2, 0.25) is 6.41 Å². The first kappa shape index (κ1) is 15.5. The summed E-state index contributed by atoms with van der Waals surface area (Å²) in [6.07, 6.45) is 4.32. The molecular formula is C15H22FNO2. The molecule has 1 aliphatic heterocycles. The van der Waals surface area contributed by atoms with Crippen LogP contribution in [-0.2, 0) is 4.79 Å². The highest BCUT2D eigenvalue weighted by Gasteiger charge is 2.22. The second kappa shape index (κ2) is 8.51. The average Bonchev–Trinajstić information content (AvgIpc) is 2.89. The van der Waals surface area contributed by atoms with Gasteiger partial charge in [0, 0.05) is 13.0 Å². The van der Waals surface area contributed by atoms with Crippen LogP contribution < -0.4 is 4.74 Å². The van der Waals surface area contributed by atoms with E-state index < -0.39 is 0 Å². The molecule has 0 aliphatic carbocycles. The van der Waals surface area contributed by atoms with Crippen molar-refractivity contribution < 1.29 is 13.9 Å². The van der Waals surface area contributed by atoms with Crippen molar-refractivity contribution in [3.63, 3.8) is 0 Å². The Bertz CT molecular complexity index is 365. The van der Waals surface area contributed by atoms with Crippen molar-refractivity contribution >= 4 is 6.41 Å². The van der Waals surface area contributed by atoms with Crippen LogP contribution in [0.3, 0.4) is 0 Å². The number of benzene rings is 1. The molecule has 0 saturated carbocycles. The van der Waals surface area contributed by atoms with Gasteiger partial charge < -0.3 is 9.64 Å². The van der Waals surface area contributed by atoms with E-state index in [1.807, 2.05) is 0 Å². The molecule has 1 atom stereocenters. The van der Waals surface area contributed by atoms with E-state index in [0.717, 1.165) is 19.4 Å². The van der Waals surface area contributed by atoms with Crippen LogP contribution in [0.5, 0.6) is 5.75 Å². The van der Waals surface area contributed by atoms with Gasteiger partial charge in [-0.2, -0.15) is 0 Å². The van der Waals surface area contributed by atoms with Crippen molar-refractivity contribution in [2.75, 3.05) is 13.1 Å². The zero-order valence-corrected chi connectivity index (χ0v) is 11.6. The van der Waals surface area contributed by atoms with Gasteiger partial charge in [0.15, 0.2) is 0 Å². The lowest BCUT2D eigenvalue weighted by molar-refractivity contribution is -0.117. The quantitative estimate of drug-likeness (QED) is 0.784. The number of hydrogen-bond acceptors (Lipinski definition) is 2. The van der Waals surface area contributed by atoms with Crippen LogP contribution in [0, 0.1) is 5.82 Å². The maximum atomic E-state index is 12.6. The third-order valence-electron chi connectivity index (χ3n) is 2.94. The zero-order valence-electron chi connectivity index (χ0n) is 11.6. The number of ether oxygens (including phenoxy) is 1. The molecule has 19 heavy (non-hydrogen) atoms. The Kier molecular flexibility index (Phi) is 6.93. The Balaban J connectivity index is 0.000000399. The summed E-state index contributed by atoms with van der Waals surface area (Å²) in [5, 5.41) is 0. The summed E-state index contributed by atoms with van der Waals surface area (Å²) < 4.78 is 18.2. The van der Waals surface area contributed by atoms with Crippen LogP contribution in [0.25, 0.3) is 0 Å². The number of likely N-dealkylation sites (tertiary alicyclic amines) is 1. The van der Waals surface area contributed by atoms with Crippen LogP contribution in [0.2, 0.25) is 0 Å². The molecule has 1 fully saturated rings. The fourth-order valence-corrected chi connectivity index (χ4v) is 1.65. The van der Waals surface area contributed by atoms with E-state index in [2.05, 4.69) is 13.8 Å². The molecule has 106 valence electrons. The van der Waals surface area contributed by atoms with E-state index in [-0.39, 0.29) is 11.9 Å². The molecule has 2 rings (SSSR count). The summed E-state index contributed by atoms with van der Waals surface area (Å²) in [5.41, 5.74) is 0. The SMILES string of the molecule is CCCC.O=CN1CCC(Oc2ccc(F)cc2)C1. The summed E-state index contributed by atoms with van der Waals surface area (Å²) >= 11 is 0. The van der Waals surface area contributed by atoms with Gasteiger partial charge in [-0.25, -0.2) is 4.39 Å². The molecule has 0 N–H and O–H groups in total. The first-order valence-corrected chi connectivity index (χ1v) is 6.81. The van der Waals surface area contributed by atoms with Gasteiger partial charge in [-0.3, -0.25) is 4.79 Å². The van der Waals surface area contributed by atoms with Gasteiger partial charge in [0.1, 0.15) is 17.7 Å². The molecule has 3 nitrogen and oxygen atoms in total. The van der Waals surface area contributed by atoms with Crippen molar-refractivity contribution in [3.05, 3.63) is 30.1 Å². The molecular weight excluding hydrogens is 245 g/mol. The monoisotopic (exact) mass is 267 g/mol. The van der Waals surface area contributed by atoms with Crippen molar-refractivity contribution in [2.24, 2.45) is 0 Å². The number of carbonyl (C=O) groups excluding carboxylic acids is 1. The van der Waals surface area contributed by atoms with Gasteiger partial charge in [-0.15, -0.1) is 0 Å². The van der Waals surface area contributed by atoms with Crippen molar-refractivity contribution in [1.82, 2.24) is 4.90 Å². The van der Waals surface area contributed by atoms with Gasteiger partial charge >= 0.3 is 0 Å². The maximum absolute atomic E-state index is 12.6. The minimum Gasteiger partial charge on any atom is -0.489 e. The van der Waals surface area contributed by atoms with Crippen molar-refractivity contribution in [2.45, 2.75) is 39.2 Å². The van der Waals surface area contributed by atoms with E-state index in [4.69, 9.17) is 4.74 Å². The van der Waals surface area contributed by atoms with E-state index in [1.54, 1.807) is 17.0 Å². The predicted molar refractivity (Wildman–Crippen MR) is 73.7 cm³/mol. The minimum atomic E-state index is -0.275. The fourth-order valence-electron chi connectivity index (χ4n) is 1.65.